The molecule has 1 unspecified atom stereocenters. The van der Waals surface area contributed by atoms with Crippen molar-refractivity contribution in [1.29, 1.82) is 0 Å². The zero-order valence-electron chi connectivity index (χ0n) is 14.5. The lowest BCUT2D eigenvalue weighted by atomic mass is 10.1. The Morgan fingerprint density at radius 3 is 2.52 bits per heavy atom. The molecule has 2 N–H and O–H groups in total. The van der Waals surface area contributed by atoms with Crippen LogP contribution in [0.15, 0.2) is 48.5 Å². The molecule has 1 amide bonds. The summed E-state index contributed by atoms with van der Waals surface area (Å²) in [5.74, 6) is -0.214. The lowest BCUT2D eigenvalue weighted by molar-refractivity contribution is -0.121. The third-order valence-electron chi connectivity index (χ3n) is 3.74. The summed E-state index contributed by atoms with van der Waals surface area (Å²) >= 11 is 0. The van der Waals surface area contributed by atoms with E-state index in [0.29, 0.717) is 19.4 Å². The zero-order valence-corrected chi connectivity index (χ0v) is 14.5. The quantitative estimate of drug-likeness (QED) is 0.773. The Morgan fingerprint density at radius 1 is 1.16 bits per heavy atom. The molecule has 2 rings (SSSR count). The molecule has 2 aromatic carbocycles. The van der Waals surface area contributed by atoms with Crippen molar-refractivity contribution in [2.75, 3.05) is 6.61 Å². The molecule has 1 atom stereocenters. The first-order chi connectivity index (χ1) is 11.9. The van der Waals surface area contributed by atoms with Crippen LogP contribution in [0.1, 0.15) is 34.8 Å². The molecule has 0 fully saturated rings. The van der Waals surface area contributed by atoms with Gasteiger partial charge in [-0.1, -0.05) is 24.3 Å². The number of ether oxygens (including phenoxy) is 1. The van der Waals surface area contributed by atoms with E-state index in [4.69, 9.17) is 9.84 Å². The number of carboxylic acid groups (broad SMARTS) is 1. The lowest BCUT2D eigenvalue weighted by Crippen LogP contribution is -2.36. The Kier molecular flexibility index (Phi) is 6.57. The monoisotopic (exact) mass is 341 g/mol. The molecule has 0 aliphatic heterocycles. The normalized spacial score (nSPS) is 11.6. The second-order valence-corrected chi connectivity index (χ2v) is 6.10. The van der Waals surface area contributed by atoms with E-state index in [1.54, 1.807) is 24.3 Å². The summed E-state index contributed by atoms with van der Waals surface area (Å²) in [5, 5.41) is 11.8. The average Bonchev–Trinajstić information content (AvgIpc) is 2.58. The van der Waals surface area contributed by atoms with Gasteiger partial charge in [-0.3, -0.25) is 4.79 Å². The van der Waals surface area contributed by atoms with Gasteiger partial charge in [-0.15, -0.1) is 0 Å². The average molecular weight is 341 g/mol. The van der Waals surface area contributed by atoms with E-state index in [2.05, 4.69) is 5.32 Å². The van der Waals surface area contributed by atoms with Crippen LogP contribution in [-0.4, -0.2) is 29.6 Å². The van der Waals surface area contributed by atoms with E-state index in [-0.39, 0.29) is 17.5 Å². The number of carboxylic acids is 1. The van der Waals surface area contributed by atoms with Crippen LogP contribution in [0.4, 0.5) is 0 Å². The number of carbonyl (C=O) groups is 2. The molecular formula is C20H23NO4. The molecule has 2 aromatic rings. The van der Waals surface area contributed by atoms with Crippen molar-refractivity contribution in [3.05, 3.63) is 65.2 Å². The largest absolute Gasteiger partial charge is 0.491 e. The zero-order chi connectivity index (χ0) is 18.2. The predicted octanol–water partition coefficient (Wildman–Crippen LogP) is 3.21. The number of hydrogen-bond donors (Lipinski definition) is 2. The molecule has 0 aliphatic rings. The SMILES string of the molecule is Cc1cccc(OCC(C)NC(=O)CCc2ccc(C(=O)O)cc2)c1. The first-order valence-corrected chi connectivity index (χ1v) is 8.25. The summed E-state index contributed by atoms with van der Waals surface area (Å²) in [6, 6.07) is 14.3. The maximum Gasteiger partial charge on any atom is 0.335 e. The first-order valence-electron chi connectivity index (χ1n) is 8.25. The second-order valence-electron chi connectivity index (χ2n) is 6.10. The maximum absolute atomic E-state index is 12.0. The Hall–Kier alpha value is -2.82. The number of aromatic carboxylic acids is 1. The third-order valence-corrected chi connectivity index (χ3v) is 3.74. The van der Waals surface area contributed by atoms with E-state index in [0.717, 1.165) is 16.9 Å². The number of benzene rings is 2. The van der Waals surface area contributed by atoms with Crippen LogP contribution in [0.25, 0.3) is 0 Å². The van der Waals surface area contributed by atoms with Gasteiger partial charge in [-0.05, 0) is 55.7 Å². The minimum atomic E-state index is -0.952. The minimum Gasteiger partial charge on any atom is -0.491 e. The van der Waals surface area contributed by atoms with Gasteiger partial charge in [0.1, 0.15) is 12.4 Å². The summed E-state index contributed by atoms with van der Waals surface area (Å²) in [7, 11) is 0. The van der Waals surface area contributed by atoms with Crippen LogP contribution in [0.5, 0.6) is 5.75 Å². The van der Waals surface area contributed by atoms with Gasteiger partial charge in [0.15, 0.2) is 0 Å². The van der Waals surface area contributed by atoms with Crippen LogP contribution in [0, 0.1) is 6.92 Å². The second kappa shape index (κ2) is 8.87. The van der Waals surface area contributed by atoms with Crippen LogP contribution < -0.4 is 10.1 Å². The Morgan fingerprint density at radius 2 is 1.88 bits per heavy atom. The van der Waals surface area contributed by atoms with Gasteiger partial charge in [0, 0.05) is 6.42 Å². The summed E-state index contributed by atoms with van der Waals surface area (Å²) in [6.45, 7) is 4.30. The van der Waals surface area contributed by atoms with Crippen molar-refractivity contribution in [3.8, 4) is 5.75 Å². The molecule has 25 heavy (non-hydrogen) atoms. The van der Waals surface area contributed by atoms with Gasteiger partial charge in [0.05, 0.1) is 11.6 Å². The molecule has 0 saturated heterocycles. The number of amides is 1. The smallest absolute Gasteiger partial charge is 0.335 e. The van der Waals surface area contributed by atoms with E-state index >= 15 is 0 Å². The Bertz CT molecular complexity index is 725. The minimum absolute atomic E-state index is 0.0531. The summed E-state index contributed by atoms with van der Waals surface area (Å²) in [6.07, 6.45) is 0.915. The number of rotatable bonds is 8. The highest BCUT2D eigenvalue weighted by molar-refractivity contribution is 5.87. The fourth-order valence-electron chi connectivity index (χ4n) is 2.39. The maximum atomic E-state index is 12.0. The molecule has 132 valence electrons. The van der Waals surface area contributed by atoms with Crippen LogP contribution in [-0.2, 0) is 11.2 Å². The molecular weight excluding hydrogens is 318 g/mol. The molecule has 0 aliphatic carbocycles. The van der Waals surface area contributed by atoms with Crippen molar-refractivity contribution in [2.45, 2.75) is 32.7 Å². The lowest BCUT2D eigenvalue weighted by Gasteiger charge is -2.15. The molecule has 5 nitrogen and oxygen atoms in total. The molecule has 0 bridgehead atoms. The molecule has 0 radical (unpaired) electrons. The molecule has 5 heteroatoms. The number of carbonyl (C=O) groups excluding carboxylic acids is 1. The van der Waals surface area contributed by atoms with Crippen LogP contribution in [0.3, 0.4) is 0 Å². The predicted molar refractivity (Wildman–Crippen MR) is 96.0 cm³/mol. The van der Waals surface area contributed by atoms with Gasteiger partial charge in [0.2, 0.25) is 5.91 Å². The summed E-state index contributed by atoms with van der Waals surface area (Å²) in [5.41, 5.74) is 2.31. The fourth-order valence-corrected chi connectivity index (χ4v) is 2.39. The van der Waals surface area contributed by atoms with Crippen molar-refractivity contribution >= 4 is 11.9 Å². The van der Waals surface area contributed by atoms with E-state index < -0.39 is 5.97 Å². The fraction of sp³-hybridized carbons (Fsp3) is 0.300. The highest BCUT2D eigenvalue weighted by atomic mass is 16.5. The van der Waals surface area contributed by atoms with Crippen molar-refractivity contribution < 1.29 is 19.4 Å². The Labute approximate surface area is 147 Å². The first kappa shape index (κ1) is 18.5. The molecule has 0 spiro atoms. The topological polar surface area (TPSA) is 75.6 Å². The third kappa shape index (κ3) is 6.30. The summed E-state index contributed by atoms with van der Waals surface area (Å²) < 4.78 is 5.68. The number of hydrogen-bond acceptors (Lipinski definition) is 3. The van der Waals surface area contributed by atoms with Gasteiger partial charge in [-0.25, -0.2) is 4.79 Å². The van der Waals surface area contributed by atoms with Gasteiger partial charge in [0.25, 0.3) is 0 Å². The standard InChI is InChI=1S/C20H23NO4/c1-14-4-3-5-18(12-14)25-13-15(2)21-19(22)11-8-16-6-9-17(10-7-16)20(23)24/h3-7,9-10,12,15H,8,11,13H2,1-2H3,(H,21,22)(H,23,24). The van der Waals surface area contributed by atoms with E-state index in [1.807, 2.05) is 38.1 Å². The van der Waals surface area contributed by atoms with Gasteiger partial charge in [-0.2, -0.15) is 0 Å². The van der Waals surface area contributed by atoms with Crippen molar-refractivity contribution in [3.63, 3.8) is 0 Å². The Balaban J connectivity index is 1.72. The van der Waals surface area contributed by atoms with Crippen molar-refractivity contribution in [1.82, 2.24) is 5.32 Å². The number of aryl methyl sites for hydroxylation is 2. The van der Waals surface area contributed by atoms with Gasteiger partial charge >= 0.3 is 5.97 Å². The van der Waals surface area contributed by atoms with Gasteiger partial charge < -0.3 is 15.2 Å². The van der Waals surface area contributed by atoms with Crippen molar-refractivity contribution in [2.24, 2.45) is 0 Å². The van der Waals surface area contributed by atoms with E-state index in [9.17, 15) is 9.59 Å². The number of nitrogens with one attached hydrogen (secondary N) is 1. The highest BCUT2D eigenvalue weighted by Crippen LogP contribution is 2.12. The summed E-state index contributed by atoms with van der Waals surface area (Å²) in [4.78, 5) is 22.8. The highest BCUT2D eigenvalue weighted by Gasteiger charge is 2.09. The van der Waals surface area contributed by atoms with E-state index in [1.165, 1.54) is 0 Å². The molecule has 0 saturated carbocycles. The van der Waals surface area contributed by atoms with Crippen LogP contribution in [0.2, 0.25) is 0 Å². The molecule has 0 heterocycles. The van der Waals surface area contributed by atoms with Crippen LogP contribution >= 0.6 is 0 Å². The molecule has 0 aromatic heterocycles.